The van der Waals surface area contributed by atoms with Crippen LogP contribution in [0, 0.1) is 20.8 Å². The number of thioether (sulfide) groups is 1. The molecule has 1 aliphatic heterocycles. The third-order valence-corrected chi connectivity index (χ3v) is 9.32. The van der Waals surface area contributed by atoms with E-state index in [1.807, 2.05) is 92.1 Å². The number of aryl methyl sites for hydroxylation is 2. The molecule has 1 aromatic heterocycles. The van der Waals surface area contributed by atoms with Crippen LogP contribution in [0.5, 0.6) is 0 Å². The minimum atomic E-state index is -1.04. The summed E-state index contributed by atoms with van der Waals surface area (Å²) >= 11 is 0.994. The quantitative estimate of drug-likeness (QED) is 0.0952. The summed E-state index contributed by atoms with van der Waals surface area (Å²) in [5.74, 6) is -2.79. The van der Waals surface area contributed by atoms with Gasteiger partial charge in [0.2, 0.25) is 5.91 Å². The Labute approximate surface area is 301 Å². The van der Waals surface area contributed by atoms with Gasteiger partial charge >= 0.3 is 5.97 Å². The smallest absolute Gasteiger partial charge is 0.335 e. The number of carboxylic acid groups (broad SMARTS) is 1. The Morgan fingerprint density at radius 3 is 2.20 bits per heavy atom. The number of aliphatic imine (C=N–C) groups is 1. The molecule has 0 aliphatic carbocycles. The minimum absolute atomic E-state index is 0.0710. The molecule has 258 valence electrons. The summed E-state index contributed by atoms with van der Waals surface area (Å²) in [6.07, 6.45) is 8.15. The molecule has 3 aromatic carbocycles. The van der Waals surface area contributed by atoms with Gasteiger partial charge in [-0.3, -0.25) is 19.3 Å². The zero-order valence-corrected chi connectivity index (χ0v) is 29.6. The Kier molecular flexibility index (Phi) is 11.5. The number of carboxylic acids is 1. The van der Waals surface area contributed by atoms with E-state index in [-0.39, 0.29) is 28.0 Å². The lowest BCUT2D eigenvalue weighted by Crippen LogP contribution is -2.42. The number of benzene rings is 3. The molecule has 0 atom stereocenters. The summed E-state index contributed by atoms with van der Waals surface area (Å²) in [5, 5.41) is 12.7. The van der Waals surface area contributed by atoms with Gasteiger partial charge < -0.3 is 15.0 Å². The molecule has 2 heterocycles. The molecular weight excluding hydrogens is 661 g/mol. The molecule has 3 amide bonds. The van der Waals surface area contributed by atoms with Crippen LogP contribution in [0.3, 0.4) is 0 Å². The van der Waals surface area contributed by atoms with Gasteiger partial charge in [0.05, 0.1) is 17.4 Å². The number of aromatic nitrogens is 1. The second-order valence-electron chi connectivity index (χ2n) is 11.8. The molecule has 0 radical (unpaired) electrons. The summed E-state index contributed by atoms with van der Waals surface area (Å²) in [4.78, 5) is 58.6. The fourth-order valence-corrected chi connectivity index (χ4v) is 6.64. The van der Waals surface area contributed by atoms with Crippen LogP contribution in [-0.4, -0.2) is 49.2 Å². The highest BCUT2D eigenvalue weighted by atomic mass is 32.2. The molecule has 5 rings (SSSR count). The average molecular weight is 699 g/mol. The van der Waals surface area contributed by atoms with Gasteiger partial charge in [-0.05, 0) is 80.3 Å². The molecule has 51 heavy (non-hydrogen) atoms. The van der Waals surface area contributed by atoms with Crippen molar-refractivity contribution >= 4 is 46.7 Å². The molecule has 9 nitrogen and oxygen atoms in total. The lowest BCUT2D eigenvalue weighted by atomic mass is 9.99. The highest BCUT2D eigenvalue weighted by Crippen LogP contribution is 2.30. The third-order valence-electron chi connectivity index (χ3n) is 8.38. The van der Waals surface area contributed by atoms with Crippen LogP contribution in [-0.2, 0) is 14.4 Å². The highest BCUT2D eigenvalue weighted by molar-refractivity contribution is 8.14. The van der Waals surface area contributed by atoms with Crippen LogP contribution in [0.2, 0.25) is 0 Å². The van der Waals surface area contributed by atoms with Crippen molar-refractivity contribution in [2.75, 3.05) is 5.75 Å². The van der Waals surface area contributed by atoms with E-state index in [0.29, 0.717) is 22.6 Å². The summed E-state index contributed by atoms with van der Waals surface area (Å²) in [6, 6.07) is 25.6. The summed E-state index contributed by atoms with van der Waals surface area (Å²) in [6.45, 7) is 11.1. The SMILES string of the molecule is C=C/C=C\C(=C/C)N1C(=O)/C(=C/c2cc(C)n(-c3cc(C(=O)O)ccc3C)c2C)C(=O)N=C1SCC(=O)NC(c1ccccc1)c1ccccc1. The van der Waals surface area contributed by atoms with Crippen molar-refractivity contribution in [3.05, 3.63) is 166 Å². The van der Waals surface area contributed by atoms with E-state index in [1.165, 1.54) is 11.0 Å². The van der Waals surface area contributed by atoms with E-state index < -0.39 is 23.8 Å². The van der Waals surface area contributed by atoms with Gasteiger partial charge in [0.25, 0.3) is 11.8 Å². The van der Waals surface area contributed by atoms with E-state index in [4.69, 9.17) is 0 Å². The molecule has 4 aromatic rings. The lowest BCUT2D eigenvalue weighted by molar-refractivity contribution is -0.126. The zero-order valence-electron chi connectivity index (χ0n) is 28.8. The van der Waals surface area contributed by atoms with Gasteiger partial charge in [0.1, 0.15) is 5.57 Å². The number of carbonyl (C=O) groups excluding carboxylic acids is 3. The van der Waals surface area contributed by atoms with Gasteiger partial charge in [-0.25, -0.2) is 4.79 Å². The molecule has 0 saturated carbocycles. The summed E-state index contributed by atoms with van der Waals surface area (Å²) in [7, 11) is 0. The number of hydrogen-bond donors (Lipinski definition) is 2. The Hall–Kier alpha value is -6.00. The monoisotopic (exact) mass is 698 g/mol. The molecule has 0 bridgehead atoms. The van der Waals surface area contributed by atoms with Crippen molar-refractivity contribution in [2.45, 2.75) is 33.7 Å². The molecule has 0 saturated heterocycles. The van der Waals surface area contributed by atoms with Crippen molar-refractivity contribution in [3.63, 3.8) is 0 Å². The predicted molar refractivity (Wildman–Crippen MR) is 203 cm³/mol. The van der Waals surface area contributed by atoms with E-state index >= 15 is 0 Å². The number of allylic oxidation sites excluding steroid dienone is 4. The molecule has 1 aliphatic rings. The first kappa shape index (κ1) is 36.3. The summed E-state index contributed by atoms with van der Waals surface area (Å²) < 4.78 is 1.90. The van der Waals surface area contributed by atoms with Crippen molar-refractivity contribution in [1.82, 2.24) is 14.8 Å². The molecule has 2 N–H and O–H groups in total. The van der Waals surface area contributed by atoms with Crippen LogP contribution < -0.4 is 5.32 Å². The fraction of sp³-hybridized carbons (Fsp3) is 0.146. The maximum absolute atomic E-state index is 14.2. The summed E-state index contributed by atoms with van der Waals surface area (Å²) in [5.41, 5.74) is 5.90. The molecular formula is C41H38N4O5S. The van der Waals surface area contributed by atoms with E-state index in [1.54, 1.807) is 49.4 Å². The van der Waals surface area contributed by atoms with Crippen molar-refractivity contribution < 1.29 is 24.3 Å². The van der Waals surface area contributed by atoms with Crippen LogP contribution in [0.15, 0.2) is 132 Å². The number of nitrogens with one attached hydrogen (secondary N) is 1. The molecule has 10 heteroatoms. The van der Waals surface area contributed by atoms with Crippen LogP contribution >= 0.6 is 11.8 Å². The number of nitrogens with zero attached hydrogens (tertiary/aromatic N) is 3. The zero-order chi connectivity index (χ0) is 36.7. The van der Waals surface area contributed by atoms with E-state index in [9.17, 15) is 24.3 Å². The first-order valence-electron chi connectivity index (χ1n) is 16.2. The predicted octanol–water partition coefficient (Wildman–Crippen LogP) is 7.49. The van der Waals surface area contributed by atoms with Gasteiger partial charge in [-0.2, -0.15) is 4.99 Å². The number of aromatic carboxylic acids is 1. The Balaban J connectivity index is 1.47. The van der Waals surface area contributed by atoms with Crippen LogP contribution in [0.25, 0.3) is 11.8 Å². The second kappa shape index (κ2) is 16.1. The molecule has 0 fully saturated rings. The first-order chi connectivity index (χ1) is 24.5. The van der Waals surface area contributed by atoms with Gasteiger partial charge in [-0.1, -0.05) is 103 Å². The van der Waals surface area contributed by atoms with E-state index in [0.717, 1.165) is 34.1 Å². The standard InChI is InChI=1S/C41H38N4O5S/c1-6-8-19-33(7-2)45-39(48)34(23-32-22-27(4)44(28(32)5)35-24-31(40(49)50)21-20-26(35)3)38(47)43-41(45)51-25-36(46)42-37(29-15-11-9-12-16-29)30-17-13-10-14-18-30/h6-24,37H,1,25H2,2-5H3,(H,42,46)(H,49,50)/b19-8-,33-7+,34-23+. The maximum Gasteiger partial charge on any atom is 0.335 e. The van der Waals surface area contributed by atoms with Crippen LogP contribution in [0.1, 0.15) is 57.0 Å². The first-order valence-corrected chi connectivity index (χ1v) is 17.2. The largest absolute Gasteiger partial charge is 0.478 e. The number of amides is 3. The average Bonchev–Trinajstić information content (AvgIpc) is 3.41. The second-order valence-corrected chi connectivity index (χ2v) is 12.7. The third kappa shape index (κ3) is 8.08. The highest BCUT2D eigenvalue weighted by Gasteiger charge is 2.35. The maximum atomic E-state index is 14.2. The normalized spacial score (nSPS) is 14.4. The molecule has 0 spiro atoms. The van der Waals surface area contributed by atoms with Gasteiger partial charge in [0, 0.05) is 22.8 Å². The van der Waals surface area contributed by atoms with Crippen molar-refractivity contribution in [1.29, 1.82) is 0 Å². The number of carbonyl (C=O) groups is 4. The Morgan fingerprint density at radius 2 is 1.61 bits per heavy atom. The number of hydrogen-bond acceptors (Lipinski definition) is 5. The van der Waals surface area contributed by atoms with Crippen molar-refractivity contribution in [3.8, 4) is 5.69 Å². The Bertz CT molecular complexity index is 2090. The lowest BCUT2D eigenvalue weighted by Gasteiger charge is -2.28. The molecule has 0 unspecified atom stereocenters. The van der Waals surface area contributed by atoms with Crippen LogP contribution in [0.4, 0.5) is 0 Å². The van der Waals surface area contributed by atoms with E-state index in [2.05, 4.69) is 16.9 Å². The number of amidine groups is 1. The van der Waals surface area contributed by atoms with Gasteiger partial charge in [0.15, 0.2) is 5.17 Å². The fourth-order valence-electron chi connectivity index (χ4n) is 5.84. The topological polar surface area (TPSA) is 121 Å². The number of rotatable bonds is 11. The van der Waals surface area contributed by atoms with Gasteiger partial charge in [-0.15, -0.1) is 0 Å². The van der Waals surface area contributed by atoms with Crippen molar-refractivity contribution in [2.24, 2.45) is 4.99 Å². The Morgan fingerprint density at radius 1 is 0.961 bits per heavy atom. The minimum Gasteiger partial charge on any atom is -0.478 e.